The van der Waals surface area contributed by atoms with Gasteiger partial charge in [-0.25, -0.2) is 0 Å². The van der Waals surface area contributed by atoms with Crippen molar-refractivity contribution in [1.82, 2.24) is 0 Å². The predicted molar refractivity (Wildman–Crippen MR) is 69.3 cm³/mol. The van der Waals surface area contributed by atoms with Gasteiger partial charge < -0.3 is 11.1 Å². The smallest absolute Gasteiger partial charge is 0.274 e. The van der Waals surface area contributed by atoms with Crippen LogP contribution in [-0.2, 0) is 4.79 Å². The van der Waals surface area contributed by atoms with Crippen molar-refractivity contribution >= 4 is 17.3 Å². The lowest BCUT2D eigenvalue weighted by Gasteiger charge is -2.21. The van der Waals surface area contributed by atoms with Crippen LogP contribution in [0.3, 0.4) is 0 Å². The summed E-state index contributed by atoms with van der Waals surface area (Å²) in [6.45, 7) is 5.06. The summed E-state index contributed by atoms with van der Waals surface area (Å²) in [5.74, 6) is -0.358. The number of nitrogens with zero attached hydrogens (tertiary/aromatic N) is 1. The average molecular weight is 251 g/mol. The minimum Gasteiger partial charge on any atom is -0.324 e. The molecule has 0 radical (unpaired) electrons. The number of nitro groups is 1. The van der Waals surface area contributed by atoms with Crippen molar-refractivity contribution in [3.63, 3.8) is 0 Å². The van der Waals surface area contributed by atoms with E-state index in [1.807, 2.05) is 0 Å². The van der Waals surface area contributed by atoms with E-state index in [0.29, 0.717) is 17.7 Å². The Labute approximate surface area is 105 Å². The molecule has 0 aliphatic carbocycles. The van der Waals surface area contributed by atoms with Crippen LogP contribution in [0.1, 0.15) is 25.8 Å². The van der Waals surface area contributed by atoms with Crippen molar-refractivity contribution < 1.29 is 9.72 Å². The van der Waals surface area contributed by atoms with E-state index in [4.69, 9.17) is 5.73 Å². The number of aryl methyl sites for hydroxylation is 1. The molecule has 3 N–H and O–H groups in total. The van der Waals surface area contributed by atoms with E-state index >= 15 is 0 Å². The molecule has 0 saturated heterocycles. The summed E-state index contributed by atoms with van der Waals surface area (Å²) in [6.07, 6.45) is 0.479. The molecule has 1 rings (SSSR count). The van der Waals surface area contributed by atoms with Crippen LogP contribution in [0.4, 0.5) is 11.4 Å². The van der Waals surface area contributed by atoms with Gasteiger partial charge in [-0.1, -0.05) is 13.0 Å². The molecule has 0 aliphatic rings. The minimum atomic E-state index is -0.986. The summed E-state index contributed by atoms with van der Waals surface area (Å²) < 4.78 is 0. The van der Waals surface area contributed by atoms with Gasteiger partial charge in [-0.05, 0) is 26.3 Å². The Morgan fingerprint density at radius 3 is 2.67 bits per heavy atom. The first-order valence-electron chi connectivity index (χ1n) is 5.63. The number of nitrogens with one attached hydrogen (secondary N) is 1. The molecule has 0 aromatic heterocycles. The summed E-state index contributed by atoms with van der Waals surface area (Å²) in [5.41, 5.74) is 5.70. The lowest BCUT2D eigenvalue weighted by molar-refractivity contribution is -0.385. The largest absolute Gasteiger partial charge is 0.324 e. The third-order valence-corrected chi connectivity index (χ3v) is 2.92. The van der Waals surface area contributed by atoms with E-state index < -0.39 is 10.5 Å². The SMILES string of the molecule is CCC(C)(N)C(=O)Nc1ccc(C)c([N+](=O)[O-])c1. The van der Waals surface area contributed by atoms with Crippen LogP contribution in [0.5, 0.6) is 0 Å². The first-order valence-corrected chi connectivity index (χ1v) is 5.63. The zero-order valence-electron chi connectivity index (χ0n) is 10.7. The number of rotatable bonds is 4. The van der Waals surface area contributed by atoms with Crippen LogP contribution >= 0.6 is 0 Å². The van der Waals surface area contributed by atoms with E-state index in [1.165, 1.54) is 6.07 Å². The molecule has 0 bridgehead atoms. The molecule has 6 nitrogen and oxygen atoms in total. The van der Waals surface area contributed by atoms with E-state index in [-0.39, 0.29) is 11.6 Å². The summed E-state index contributed by atoms with van der Waals surface area (Å²) in [6, 6.07) is 4.54. The van der Waals surface area contributed by atoms with Crippen LogP contribution < -0.4 is 11.1 Å². The van der Waals surface area contributed by atoms with Gasteiger partial charge in [0.25, 0.3) is 5.69 Å². The van der Waals surface area contributed by atoms with Gasteiger partial charge in [-0.15, -0.1) is 0 Å². The van der Waals surface area contributed by atoms with Gasteiger partial charge in [0, 0.05) is 17.3 Å². The number of carbonyl (C=O) groups is 1. The number of hydrogen-bond donors (Lipinski definition) is 2. The molecule has 0 heterocycles. The summed E-state index contributed by atoms with van der Waals surface area (Å²) in [4.78, 5) is 22.1. The third-order valence-electron chi connectivity index (χ3n) is 2.92. The Morgan fingerprint density at radius 2 is 2.17 bits per heavy atom. The topological polar surface area (TPSA) is 98.3 Å². The monoisotopic (exact) mass is 251 g/mol. The quantitative estimate of drug-likeness (QED) is 0.631. The Hall–Kier alpha value is -1.95. The van der Waals surface area contributed by atoms with Crippen LogP contribution in [0.15, 0.2) is 18.2 Å². The maximum atomic E-state index is 11.8. The Kier molecular flexibility index (Phi) is 4.03. The van der Waals surface area contributed by atoms with Crippen LogP contribution in [0.25, 0.3) is 0 Å². The van der Waals surface area contributed by atoms with Crippen molar-refractivity contribution in [2.75, 3.05) is 5.32 Å². The Bertz CT molecular complexity index is 483. The molecular formula is C12H17N3O3. The first-order chi connectivity index (χ1) is 8.27. The lowest BCUT2D eigenvalue weighted by Crippen LogP contribution is -2.47. The zero-order chi connectivity index (χ0) is 13.9. The zero-order valence-corrected chi connectivity index (χ0v) is 10.7. The summed E-state index contributed by atoms with van der Waals surface area (Å²) in [7, 11) is 0. The third kappa shape index (κ3) is 3.04. The highest BCUT2D eigenvalue weighted by Crippen LogP contribution is 2.23. The summed E-state index contributed by atoms with van der Waals surface area (Å²) in [5, 5.41) is 13.4. The minimum absolute atomic E-state index is 0.0250. The standard InChI is InChI=1S/C12H17N3O3/c1-4-12(3,13)11(16)14-9-6-5-8(2)10(7-9)15(17)18/h5-7H,4,13H2,1-3H3,(H,14,16). The molecule has 6 heteroatoms. The maximum Gasteiger partial charge on any atom is 0.274 e. The molecule has 1 amide bonds. The molecular weight excluding hydrogens is 234 g/mol. The first kappa shape index (κ1) is 14.1. The van der Waals surface area contributed by atoms with Crippen molar-refractivity contribution in [3.05, 3.63) is 33.9 Å². The highest BCUT2D eigenvalue weighted by atomic mass is 16.6. The summed E-state index contributed by atoms with van der Waals surface area (Å²) >= 11 is 0. The molecule has 1 atom stereocenters. The Balaban J connectivity index is 2.96. The molecule has 18 heavy (non-hydrogen) atoms. The molecule has 0 fully saturated rings. The molecule has 98 valence electrons. The number of carbonyl (C=O) groups excluding carboxylic acids is 1. The molecule has 0 saturated carbocycles. The Morgan fingerprint density at radius 1 is 1.56 bits per heavy atom. The van der Waals surface area contributed by atoms with Gasteiger partial charge in [0.1, 0.15) is 0 Å². The highest BCUT2D eigenvalue weighted by molar-refractivity contribution is 5.97. The fourth-order valence-corrected chi connectivity index (χ4v) is 1.32. The number of hydrogen-bond acceptors (Lipinski definition) is 4. The molecule has 1 unspecified atom stereocenters. The normalized spacial score (nSPS) is 13.8. The van der Waals surface area contributed by atoms with Crippen LogP contribution in [0, 0.1) is 17.0 Å². The van der Waals surface area contributed by atoms with Crippen molar-refractivity contribution in [3.8, 4) is 0 Å². The lowest BCUT2D eigenvalue weighted by atomic mass is 9.99. The van der Waals surface area contributed by atoms with E-state index in [2.05, 4.69) is 5.32 Å². The van der Waals surface area contributed by atoms with E-state index in [9.17, 15) is 14.9 Å². The highest BCUT2D eigenvalue weighted by Gasteiger charge is 2.26. The second kappa shape index (κ2) is 5.14. The average Bonchev–Trinajstić information content (AvgIpc) is 2.31. The van der Waals surface area contributed by atoms with Gasteiger partial charge in [0.15, 0.2) is 0 Å². The second-order valence-corrected chi connectivity index (χ2v) is 4.48. The fraction of sp³-hybridized carbons (Fsp3) is 0.417. The molecule has 0 aliphatic heterocycles. The molecule has 1 aromatic carbocycles. The van der Waals surface area contributed by atoms with Gasteiger partial charge in [-0.3, -0.25) is 14.9 Å². The number of benzene rings is 1. The number of anilines is 1. The van der Waals surface area contributed by atoms with Gasteiger partial charge in [-0.2, -0.15) is 0 Å². The maximum absolute atomic E-state index is 11.8. The molecule has 0 spiro atoms. The molecule has 1 aromatic rings. The van der Waals surface area contributed by atoms with Crippen LogP contribution in [0.2, 0.25) is 0 Å². The van der Waals surface area contributed by atoms with Crippen molar-refractivity contribution in [2.45, 2.75) is 32.7 Å². The van der Waals surface area contributed by atoms with Crippen LogP contribution in [-0.4, -0.2) is 16.4 Å². The predicted octanol–water partition coefficient (Wildman–Crippen LogP) is 1.97. The van der Waals surface area contributed by atoms with Crippen molar-refractivity contribution in [2.24, 2.45) is 5.73 Å². The van der Waals surface area contributed by atoms with Gasteiger partial charge in [0.2, 0.25) is 5.91 Å². The number of amides is 1. The number of nitro benzene ring substituents is 1. The second-order valence-electron chi connectivity index (χ2n) is 4.48. The van der Waals surface area contributed by atoms with E-state index in [0.717, 1.165) is 0 Å². The van der Waals surface area contributed by atoms with Crippen molar-refractivity contribution in [1.29, 1.82) is 0 Å². The fourth-order valence-electron chi connectivity index (χ4n) is 1.32. The number of nitrogens with two attached hydrogens (primary N) is 1. The van der Waals surface area contributed by atoms with Gasteiger partial charge >= 0.3 is 0 Å². The van der Waals surface area contributed by atoms with Gasteiger partial charge in [0.05, 0.1) is 10.5 Å². The van der Waals surface area contributed by atoms with E-state index in [1.54, 1.807) is 32.9 Å².